The van der Waals surface area contributed by atoms with Crippen LogP contribution in [0.25, 0.3) is 0 Å². The van der Waals surface area contributed by atoms with Crippen molar-refractivity contribution in [2.75, 3.05) is 19.5 Å². The molecule has 5 nitrogen and oxygen atoms in total. The summed E-state index contributed by atoms with van der Waals surface area (Å²) in [5, 5.41) is 2.78. The Morgan fingerprint density at radius 3 is 1.90 bits per heavy atom. The minimum absolute atomic E-state index is 0.0319. The van der Waals surface area contributed by atoms with Gasteiger partial charge in [-0.05, 0) is 24.7 Å². The second kappa shape index (κ2) is 20.6. The number of hydrogen-bond donors (Lipinski definition) is 2. The van der Waals surface area contributed by atoms with Crippen molar-refractivity contribution in [2.24, 2.45) is 5.73 Å². The molecule has 1 aromatic carbocycles. The summed E-state index contributed by atoms with van der Waals surface area (Å²) in [6.07, 6.45) is 1.75. The van der Waals surface area contributed by atoms with E-state index in [2.05, 4.69) is 24.9 Å². The van der Waals surface area contributed by atoms with E-state index in [0.29, 0.717) is 13.0 Å². The van der Waals surface area contributed by atoms with Crippen molar-refractivity contribution in [2.45, 2.75) is 40.2 Å². The standard InChI is InChI=1S/C11H15NO2.C3H8.CH5N.CH2O/c1-3-11(13)12-10-6-4-9(5-7-10)8-14-2;1-3-2;2*1-2/h4-7H,3,8H2,1-2H3,(H,12,13);3H2,1-2H3;2H2,1H3;1H2. The van der Waals surface area contributed by atoms with Gasteiger partial charge in [0.05, 0.1) is 6.61 Å². The normalized spacial score (nSPS) is 7.90. The van der Waals surface area contributed by atoms with Crippen LogP contribution >= 0.6 is 0 Å². The molecule has 0 saturated heterocycles. The SMILES string of the molecule is C=O.CCC.CCC(=O)Nc1ccc(COC)cc1.CN. The van der Waals surface area contributed by atoms with Gasteiger partial charge < -0.3 is 20.6 Å². The zero-order chi connectivity index (χ0) is 17.1. The second-order valence-electron chi connectivity index (χ2n) is 3.74. The number of nitrogens with one attached hydrogen (secondary N) is 1. The van der Waals surface area contributed by atoms with Gasteiger partial charge in [-0.25, -0.2) is 0 Å². The van der Waals surface area contributed by atoms with Gasteiger partial charge in [0.15, 0.2) is 0 Å². The Bertz CT molecular complexity index is 327. The molecule has 1 rings (SSSR count). The molecule has 0 bridgehead atoms. The predicted octanol–water partition coefficient (Wildman–Crippen LogP) is 2.99. The zero-order valence-electron chi connectivity index (χ0n) is 13.9. The Balaban J connectivity index is -0.000000399. The summed E-state index contributed by atoms with van der Waals surface area (Å²) in [5.74, 6) is 0.0319. The number of benzene rings is 1. The van der Waals surface area contributed by atoms with Crippen LogP contribution in [0.5, 0.6) is 0 Å². The van der Waals surface area contributed by atoms with Crippen LogP contribution in [-0.2, 0) is 20.9 Å². The molecule has 0 heterocycles. The number of hydrogen-bond acceptors (Lipinski definition) is 4. The quantitative estimate of drug-likeness (QED) is 0.895. The first kappa shape index (κ1) is 24.3. The molecule has 0 aromatic heterocycles. The van der Waals surface area contributed by atoms with Crippen LogP contribution in [0.2, 0.25) is 0 Å². The fourth-order valence-electron chi connectivity index (χ4n) is 1.10. The lowest BCUT2D eigenvalue weighted by Crippen LogP contribution is -2.09. The van der Waals surface area contributed by atoms with Gasteiger partial charge in [0.1, 0.15) is 6.79 Å². The monoisotopic (exact) mass is 298 g/mol. The Kier molecular flexibility index (Phi) is 23.8. The molecule has 1 aromatic rings. The van der Waals surface area contributed by atoms with Crippen LogP contribution in [0.15, 0.2) is 24.3 Å². The van der Waals surface area contributed by atoms with E-state index in [-0.39, 0.29) is 5.91 Å². The van der Waals surface area contributed by atoms with Gasteiger partial charge in [-0.3, -0.25) is 4.79 Å². The Morgan fingerprint density at radius 1 is 1.14 bits per heavy atom. The summed E-state index contributed by atoms with van der Waals surface area (Å²) in [6.45, 7) is 8.68. The second-order valence-corrected chi connectivity index (χ2v) is 3.74. The van der Waals surface area contributed by atoms with Crippen LogP contribution in [0.3, 0.4) is 0 Å². The molecule has 0 radical (unpaired) electrons. The number of carbonyl (C=O) groups is 2. The van der Waals surface area contributed by atoms with Crippen molar-refractivity contribution in [1.82, 2.24) is 0 Å². The first-order valence-electron chi connectivity index (χ1n) is 6.92. The van der Waals surface area contributed by atoms with Crippen molar-refractivity contribution in [1.29, 1.82) is 0 Å². The Morgan fingerprint density at radius 2 is 1.57 bits per heavy atom. The summed E-state index contributed by atoms with van der Waals surface area (Å²) >= 11 is 0. The molecule has 122 valence electrons. The zero-order valence-corrected chi connectivity index (χ0v) is 13.9. The van der Waals surface area contributed by atoms with E-state index >= 15 is 0 Å². The molecular weight excluding hydrogens is 268 g/mol. The average Bonchev–Trinajstić information content (AvgIpc) is 2.54. The molecule has 0 unspecified atom stereocenters. The number of methoxy groups -OCH3 is 1. The molecule has 0 fully saturated rings. The minimum atomic E-state index is 0.0319. The van der Waals surface area contributed by atoms with Crippen LogP contribution in [0.4, 0.5) is 5.69 Å². The molecule has 3 N–H and O–H groups in total. The van der Waals surface area contributed by atoms with Crippen LogP contribution in [-0.4, -0.2) is 26.9 Å². The van der Waals surface area contributed by atoms with Crippen molar-refractivity contribution in [3.8, 4) is 0 Å². The lowest BCUT2D eigenvalue weighted by molar-refractivity contribution is -0.115. The number of ether oxygens (including phenoxy) is 1. The Labute approximate surface area is 128 Å². The number of rotatable bonds is 4. The highest BCUT2D eigenvalue weighted by molar-refractivity contribution is 5.90. The van der Waals surface area contributed by atoms with Crippen LogP contribution < -0.4 is 11.1 Å². The van der Waals surface area contributed by atoms with E-state index in [1.807, 2.05) is 38.0 Å². The lowest BCUT2D eigenvalue weighted by Gasteiger charge is -2.04. The summed E-state index contributed by atoms with van der Waals surface area (Å²) < 4.78 is 4.98. The van der Waals surface area contributed by atoms with Crippen molar-refractivity contribution < 1.29 is 14.3 Å². The number of nitrogens with two attached hydrogens (primary N) is 1. The third kappa shape index (κ3) is 16.2. The summed E-state index contributed by atoms with van der Waals surface area (Å²) in [7, 11) is 3.16. The number of amides is 1. The van der Waals surface area contributed by atoms with Gasteiger partial charge in [-0.2, -0.15) is 0 Å². The molecule has 0 aliphatic carbocycles. The highest BCUT2D eigenvalue weighted by Crippen LogP contribution is 2.10. The summed E-state index contributed by atoms with van der Waals surface area (Å²) in [5.41, 5.74) is 6.43. The van der Waals surface area contributed by atoms with E-state index in [0.717, 1.165) is 11.3 Å². The fourth-order valence-corrected chi connectivity index (χ4v) is 1.10. The largest absolute Gasteiger partial charge is 0.380 e. The van der Waals surface area contributed by atoms with Gasteiger partial charge in [0.25, 0.3) is 0 Å². The molecule has 0 aliphatic rings. The minimum Gasteiger partial charge on any atom is -0.380 e. The summed E-state index contributed by atoms with van der Waals surface area (Å²) in [6, 6.07) is 7.63. The molecule has 5 heteroatoms. The first-order chi connectivity index (χ1) is 10.2. The van der Waals surface area contributed by atoms with Gasteiger partial charge in [-0.1, -0.05) is 39.3 Å². The molecule has 0 spiro atoms. The lowest BCUT2D eigenvalue weighted by atomic mass is 10.2. The first-order valence-corrected chi connectivity index (χ1v) is 6.92. The van der Waals surface area contributed by atoms with E-state index in [1.165, 1.54) is 13.5 Å². The van der Waals surface area contributed by atoms with Crippen molar-refractivity contribution in [3.63, 3.8) is 0 Å². The topological polar surface area (TPSA) is 81.4 Å². The third-order valence-corrected chi connectivity index (χ3v) is 1.87. The van der Waals surface area contributed by atoms with E-state index in [4.69, 9.17) is 9.53 Å². The van der Waals surface area contributed by atoms with Crippen LogP contribution in [0, 0.1) is 0 Å². The maximum atomic E-state index is 11.1. The maximum absolute atomic E-state index is 11.1. The highest BCUT2D eigenvalue weighted by atomic mass is 16.5. The number of carbonyl (C=O) groups excluding carboxylic acids is 2. The molecule has 0 atom stereocenters. The van der Waals surface area contributed by atoms with Crippen LogP contribution in [0.1, 0.15) is 39.2 Å². The van der Waals surface area contributed by atoms with Gasteiger partial charge in [-0.15, -0.1) is 0 Å². The number of anilines is 1. The van der Waals surface area contributed by atoms with Gasteiger partial charge in [0, 0.05) is 19.2 Å². The Hall–Kier alpha value is -1.72. The molecule has 21 heavy (non-hydrogen) atoms. The fraction of sp³-hybridized carbons (Fsp3) is 0.500. The van der Waals surface area contributed by atoms with E-state index in [9.17, 15) is 4.79 Å². The van der Waals surface area contributed by atoms with Gasteiger partial charge in [0.2, 0.25) is 5.91 Å². The third-order valence-electron chi connectivity index (χ3n) is 1.87. The molecule has 1 amide bonds. The van der Waals surface area contributed by atoms with E-state index in [1.54, 1.807) is 7.11 Å². The van der Waals surface area contributed by atoms with E-state index < -0.39 is 0 Å². The van der Waals surface area contributed by atoms with Crippen molar-refractivity contribution >= 4 is 18.4 Å². The molecular formula is C16H30N2O3. The smallest absolute Gasteiger partial charge is 0.224 e. The average molecular weight is 298 g/mol. The summed E-state index contributed by atoms with van der Waals surface area (Å²) in [4.78, 5) is 19.1. The maximum Gasteiger partial charge on any atom is 0.224 e. The molecule has 0 aliphatic heterocycles. The van der Waals surface area contributed by atoms with Gasteiger partial charge >= 0.3 is 0 Å². The molecule has 0 saturated carbocycles. The predicted molar refractivity (Wildman–Crippen MR) is 89.3 cm³/mol. The highest BCUT2D eigenvalue weighted by Gasteiger charge is 1.98. The van der Waals surface area contributed by atoms with Crippen molar-refractivity contribution in [3.05, 3.63) is 29.8 Å².